The Balaban J connectivity index is 2.84. The first-order chi connectivity index (χ1) is 9.03. The van der Waals surface area contributed by atoms with Crippen LogP contribution in [-0.2, 0) is 14.8 Å². The number of hydrogen-bond acceptors (Lipinski definition) is 4. The summed E-state index contributed by atoms with van der Waals surface area (Å²) in [6.07, 6.45) is 0. The van der Waals surface area contributed by atoms with E-state index in [4.69, 9.17) is 17.3 Å². The van der Waals surface area contributed by atoms with E-state index in [-0.39, 0.29) is 22.2 Å². The normalized spacial score (nSPS) is 12.2. The molecular formula is C12H18ClN3O3S. The van der Waals surface area contributed by atoms with E-state index < -0.39 is 21.5 Å². The zero-order valence-electron chi connectivity index (χ0n) is 11.5. The minimum absolute atomic E-state index is 0.00808. The van der Waals surface area contributed by atoms with Gasteiger partial charge in [0.2, 0.25) is 15.9 Å². The molecule has 20 heavy (non-hydrogen) atoms. The third kappa shape index (κ3) is 4.66. The smallest absolute Gasteiger partial charge is 0.244 e. The van der Waals surface area contributed by atoms with Crippen LogP contribution in [-0.4, -0.2) is 26.4 Å². The number of hydrogen-bond donors (Lipinski definition) is 3. The molecule has 112 valence electrons. The van der Waals surface area contributed by atoms with Gasteiger partial charge in [0.15, 0.2) is 0 Å². The number of nitrogens with two attached hydrogens (primary N) is 1. The van der Waals surface area contributed by atoms with Gasteiger partial charge in [-0.05, 0) is 32.9 Å². The monoisotopic (exact) mass is 319 g/mol. The molecular weight excluding hydrogens is 302 g/mol. The molecule has 0 aliphatic heterocycles. The van der Waals surface area contributed by atoms with Crippen molar-refractivity contribution in [2.75, 3.05) is 12.3 Å². The molecule has 0 heterocycles. The van der Waals surface area contributed by atoms with Crippen molar-refractivity contribution in [3.05, 3.63) is 23.2 Å². The molecule has 0 atom stereocenters. The van der Waals surface area contributed by atoms with Gasteiger partial charge >= 0.3 is 0 Å². The Bertz CT molecular complexity index is 589. The second-order valence-corrected chi connectivity index (χ2v) is 7.39. The summed E-state index contributed by atoms with van der Waals surface area (Å²) in [5, 5.41) is 2.65. The lowest BCUT2D eigenvalue weighted by Gasteiger charge is -2.20. The molecule has 0 radical (unpaired) electrons. The lowest BCUT2D eigenvalue weighted by molar-refractivity contribution is -0.121. The number of anilines is 1. The lowest BCUT2D eigenvalue weighted by atomic mass is 10.1. The van der Waals surface area contributed by atoms with Gasteiger partial charge in [0.05, 0.1) is 17.3 Å². The fourth-order valence-electron chi connectivity index (χ4n) is 1.50. The maximum atomic E-state index is 12.1. The maximum absolute atomic E-state index is 12.1. The molecule has 0 aromatic heterocycles. The Morgan fingerprint density at radius 3 is 2.45 bits per heavy atom. The van der Waals surface area contributed by atoms with E-state index in [2.05, 4.69) is 10.0 Å². The van der Waals surface area contributed by atoms with E-state index in [0.29, 0.717) is 0 Å². The minimum Gasteiger partial charge on any atom is -0.398 e. The second kappa shape index (κ2) is 5.99. The number of carbonyl (C=O) groups is 1. The number of benzene rings is 1. The van der Waals surface area contributed by atoms with Crippen LogP contribution in [0, 0.1) is 0 Å². The van der Waals surface area contributed by atoms with Crippen molar-refractivity contribution in [1.29, 1.82) is 0 Å². The number of nitrogen functional groups attached to an aromatic ring is 1. The van der Waals surface area contributed by atoms with Crippen LogP contribution >= 0.6 is 11.6 Å². The number of amides is 1. The summed E-state index contributed by atoms with van der Waals surface area (Å²) in [6, 6.07) is 4.39. The summed E-state index contributed by atoms with van der Waals surface area (Å²) in [7, 11) is -3.94. The Hall–Kier alpha value is -1.31. The highest BCUT2D eigenvalue weighted by Gasteiger charge is 2.22. The Labute approximate surface area is 123 Å². The largest absolute Gasteiger partial charge is 0.398 e. The highest BCUT2D eigenvalue weighted by Crippen LogP contribution is 2.26. The molecule has 0 bridgehead atoms. The van der Waals surface area contributed by atoms with Gasteiger partial charge in [-0.25, -0.2) is 13.1 Å². The van der Waals surface area contributed by atoms with Gasteiger partial charge in [-0.15, -0.1) is 0 Å². The lowest BCUT2D eigenvalue weighted by Crippen LogP contribution is -2.45. The molecule has 6 nitrogen and oxygen atoms in total. The van der Waals surface area contributed by atoms with E-state index in [1.165, 1.54) is 12.1 Å². The summed E-state index contributed by atoms with van der Waals surface area (Å²) in [5.74, 6) is -0.438. The molecule has 0 unspecified atom stereocenters. The number of rotatable bonds is 4. The van der Waals surface area contributed by atoms with E-state index in [1.54, 1.807) is 26.8 Å². The Morgan fingerprint density at radius 2 is 1.95 bits per heavy atom. The summed E-state index contributed by atoms with van der Waals surface area (Å²) in [6.45, 7) is 5.01. The fraction of sp³-hybridized carbons (Fsp3) is 0.417. The highest BCUT2D eigenvalue weighted by molar-refractivity contribution is 7.89. The molecule has 0 aliphatic carbocycles. The van der Waals surface area contributed by atoms with Gasteiger partial charge in [0.1, 0.15) is 4.90 Å². The zero-order chi connectivity index (χ0) is 15.6. The third-order valence-corrected chi connectivity index (χ3v) is 4.15. The van der Waals surface area contributed by atoms with Crippen LogP contribution < -0.4 is 15.8 Å². The molecule has 1 aromatic carbocycles. The summed E-state index contributed by atoms with van der Waals surface area (Å²) < 4.78 is 26.4. The van der Waals surface area contributed by atoms with Crippen LogP contribution in [0.2, 0.25) is 5.02 Å². The molecule has 1 rings (SSSR count). The number of nitrogens with one attached hydrogen (secondary N) is 2. The first-order valence-corrected chi connectivity index (χ1v) is 7.74. The van der Waals surface area contributed by atoms with E-state index in [9.17, 15) is 13.2 Å². The topological polar surface area (TPSA) is 101 Å². The van der Waals surface area contributed by atoms with Gasteiger partial charge in [-0.3, -0.25) is 4.79 Å². The molecule has 0 saturated heterocycles. The van der Waals surface area contributed by atoms with Gasteiger partial charge in [-0.2, -0.15) is 0 Å². The van der Waals surface area contributed by atoms with E-state index >= 15 is 0 Å². The molecule has 1 aromatic rings. The molecule has 4 N–H and O–H groups in total. The Morgan fingerprint density at radius 1 is 1.35 bits per heavy atom. The van der Waals surface area contributed by atoms with Crippen LogP contribution in [0.4, 0.5) is 5.69 Å². The van der Waals surface area contributed by atoms with Crippen LogP contribution in [0.25, 0.3) is 0 Å². The van der Waals surface area contributed by atoms with Crippen molar-refractivity contribution in [2.45, 2.75) is 31.2 Å². The van der Waals surface area contributed by atoms with Crippen molar-refractivity contribution >= 4 is 33.2 Å². The van der Waals surface area contributed by atoms with E-state index in [1.807, 2.05) is 0 Å². The fourth-order valence-corrected chi connectivity index (χ4v) is 3.16. The molecule has 0 spiro atoms. The Kier molecular flexibility index (Phi) is 5.01. The highest BCUT2D eigenvalue weighted by atomic mass is 35.5. The van der Waals surface area contributed by atoms with Crippen molar-refractivity contribution in [2.24, 2.45) is 0 Å². The average molecular weight is 320 g/mol. The maximum Gasteiger partial charge on any atom is 0.244 e. The summed E-state index contributed by atoms with van der Waals surface area (Å²) in [5.41, 5.74) is 5.20. The SMILES string of the molecule is CC(C)(C)NC(=O)CNS(=O)(=O)c1c(N)cccc1Cl. The van der Waals surface area contributed by atoms with Crippen molar-refractivity contribution < 1.29 is 13.2 Å². The minimum atomic E-state index is -3.94. The summed E-state index contributed by atoms with van der Waals surface area (Å²) in [4.78, 5) is 11.4. The molecule has 0 saturated carbocycles. The molecule has 1 amide bonds. The number of sulfonamides is 1. The van der Waals surface area contributed by atoms with Crippen molar-refractivity contribution in [3.63, 3.8) is 0 Å². The summed E-state index contributed by atoms with van der Waals surface area (Å²) >= 11 is 5.84. The van der Waals surface area contributed by atoms with E-state index in [0.717, 1.165) is 0 Å². The molecule has 0 fully saturated rings. The van der Waals surface area contributed by atoms with Gasteiger partial charge in [0, 0.05) is 5.54 Å². The van der Waals surface area contributed by atoms with Crippen LogP contribution in [0.5, 0.6) is 0 Å². The first-order valence-electron chi connectivity index (χ1n) is 5.87. The van der Waals surface area contributed by atoms with Gasteiger partial charge < -0.3 is 11.1 Å². The average Bonchev–Trinajstić information content (AvgIpc) is 2.23. The predicted octanol–water partition coefficient (Wildman–Crippen LogP) is 1.12. The van der Waals surface area contributed by atoms with Gasteiger partial charge in [0.25, 0.3) is 0 Å². The van der Waals surface area contributed by atoms with Gasteiger partial charge in [-0.1, -0.05) is 17.7 Å². The molecule has 0 aliphatic rings. The van der Waals surface area contributed by atoms with Crippen molar-refractivity contribution in [1.82, 2.24) is 10.0 Å². The molecule has 8 heteroatoms. The third-order valence-electron chi connectivity index (χ3n) is 2.20. The van der Waals surface area contributed by atoms with Crippen LogP contribution in [0.3, 0.4) is 0 Å². The predicted molar refractivity (Wildman–Crippen MR) is 78.9 cm³/mol. The van der Waals surface area contributed by atoms with Crippen LogP contribution in [0.1, 0.15) is 20.8 Å². The quantitative estimate of drug-likeness (QED) is 0.724. The number of carbonyl (C=O) groups excluding carboxylic acids is 1. The number of halogens is 1. The van der Waals surface area contributed by atoms with Crippen molar-refractivity contribution in [3.8, 4) is 0 Å². The standard InChI is InChI=1S/C12H18ClN3O3S/c1-12(2,3)16-10(17)7-15-20(18,19)11-8(13)5-4-6-9(11)14/h4-6,15H,7,14H2,1-3H3,(H,16,17). The second-order valence-electron chi connectivity index (χ2n) is 5.28. The zero-order valence-corrected chi connectivity index (χ0v) is 13.1. The first kappa shape index (κ1) is 16.7. The van der Waals surface area contributed by atoms with Crippen LogP contribution in [0.15, 0.2) is 23.1 Å².